The number of hydrogen-bond donors (Lipinski definition) is 1. The molecule has 0 aliphatic rings. The molecular formula is C17H15N3O3. The zero-order valence-electron chi connectivity index (χ0n) is 12.3. The molecule has 23 heavy (non-hydrogen) atoms. The molecule has 0 spiro atoms. The predicted molar refractivity (Wildman–Crippen MR) is 85.0 cm³/mol. The summed E-state index contributed by atoms with van der Waals surface area (Å²) in [5.41, 5.74) is 3.53. The minimum Gasteiger partial charge on any atom is -0.301 e. The molecule has 0 aliphatic carbocycles. The van der Waals surface area contributed by atoms with Crippen molar-refractivity contribution in [3.05, 3.63) is 72.1 Å². The number of pyridine rings is 1. The first kappa shape index (κ1) is 16.1. The van der Waals surface area contributed by atoms with E-state index in [0.29, 0.717) is 11.8 Å². The van der Waals surface area contributed by atoms with Crippen LogP contribution in [0.25, 0.3) is 6.08 Å². The number of hydrogen-bond acceptors (Lipinski definition) is 4. The molecule has 0 atom stereocenters. The molecule has 116 valence electrons. The summed E-state index contributed by atoms with van der Waals surface area (Å²) in [4.78, 5) is 38.7. The van der Waals surface area contributed by atoms with Crippen LogP contribution in [0.2, 0.25) is 0 Å². The van der Waals surface area contributed by atoms with Gasteiger partial charge in [-0.1, -0.05) is 30.3 Å². The van der Waals surface area contributed by atoms with Crippen molar-refractivity contribution in [3.8, 4) is 0 Å². The quantitative estimate of drug-likeness (QED) is 0.515. The van der Waals surface area contributed by atoms with Gasteiger partial charge in [0.2, 0.25) is 0 Å². The lowest BCUT2D eigenvalue weighted by atomic mass is 10.2. The molecule has 0 unspecified atom stereocenters. The van der Waals surface area contributed by atoms with E-state index in [9.17, 15) is 14.4 Å². The van der Waals surface area contributed by atoms with E-state index in [1.165, 1.54) is 18.5 Å². The Morgan fingerprint density at radius 2 is 1.91 bits per heavy atom. The van der Waals surface area contributed by atoms with E-state index < -0.39 is 11.8 Å². The zero-order valence-corrected chi connectivity index (χ0v) is 12.3. The van der Waals surface area contributed by atoms with Crippen LogP contribution < -0.4 is 5.43 Å². The van der Waals surface area contributed by atoms with Crippen LogP contribution in [0.4, 0.5) is 0 Å². The maximum absolute atomic E-state index is 12.1. The van der Waals surface area contributed by atoms with Gasteiger partial charge in [-0.3, -0.25) is 20.0 Å². The molecule has 0 fully saturated rings. The Hall–Kier alpha value is -3.28. The third-order valence-corrected chi connectivity index (χ3v) is 2.90. The molecule has 2 rings (SSSR count). The molecule has 1 heterocycles. The van der Waals surface area contributed by atoms with Crippen LogP contribution in [0.15, 0.2) is 60.9 Å². The van der Waals surface area contributed by atoms with Crippen molar-refractivity contribution in [3.63, 3.8) is 0 Å². The van der Waals surface area contributed by atoms with E-state index in [1.54, 1.807) is 18.2 Å². The van der Waals surface area contributed by atoms with Gasteiger partial charge in [-0.15, -0.1) is 0 Å². The van der Waals surface area contributed by atoms with Gasteiger partial charge in [0.25, 0.3) is 11.8 Å². The first-order chi connectivity index (χ1) is 11.2. The van der Waals surface area contributed by atoms with Crippen LogP contribution in [0.3, 0.4) is 0 Å². The van der Waals surface area contributed by atoms with Gasteiger partial charge in [0, 0.05) is 18.5 Å². The topological polar surface area (TPSA) is 79.4 Å². The Balaban J connectivity index is 2.05. The zero-order chi connectivity index (χ0) is 16.5. The summed E-state index contributed by atoms with van der Waals surface area (Å²) in [5.74, 6) is -1.01. The molecule has 1 N–H and O–H groups in total. The van der Waals surface area contributed by atoms with Gasteiger partial charge in [0.1, 0.15) is 6.29 Å². The normalized spacial score (nSPS) is 10.3. The summed E-state index contributed by atoms with van der Waals surface area (Å²) < 4.78 is 0. The number of nitrogens with one attached hydrogen (secondary N) is 1. The number of rotatable bonds is 5. The molecule has 0 bridgehead atoms. The standard InChI is InChI=1S/C17H15N3O3/c21-12-11-20(19-17(23)15-7-4-10-18-13-15)16(22)9-8-14-5-2-1-3-6-14/h1-10,12-13H,11H2,(H,19,23). The van der Waals surface area contributed by atoms with Gasteiger partial charge < -0.3 is 4.79 Å². The number of benzene rings is 1. The lowest BCUT2D eigenvalue weighted by molar-refractivity contribution is -0.130. The molecule has 2 aromatic rings. The van der Waals surface area contributed by atoms with Crippen LogP contribution in [0.1, 0.15) is 15.9 Å². The van der Waals surface area contributed by atoms with Gasteiger partial charge in [0.05, 0.1) is 12.1 Å². The van der Waals surface area contributed by atoms with Crippen LogP contribution in [-0.2, 0) is 9.59 Å². The SMILES string of the molecule is O=CCN(NC(=O)c1cccnc1)C(=O)C=Cc1ccccc1. The average Bonchev–Trinajstić information content (AvgIpc) is 2.61. The second-order valence-electron chi connectivity index (χ2n) is 4.54. The summed E-state index contributed by atoms with van der Waals surface area (Å²) in [6.07, 6.45) is 6.35. The number of aromatic nitrogens is 1. The summed E-state index contributed by atoms with van der Waals surface area (Å²) in [7, 11) is 0. The highest BCUT2D eigenvalue weighted by molar-refractivity contribution is 5.98. The maximum Gasteiger partial charge on any atom is 0.271 e. The molecule has 1 aromatic carbocycles. The van der Waals surface area contributed by atoms with Gasteiger partial charge in [-0.25, -0.2) is 5.01 Å². The number of carbonyl (C=O) groups excluding carboxylic acids is 3. The Labute approximate surface area is 133 Å². The fraction of sp³-hybridized carbons (Fsp3) is 0.0588. The van der Waals surface area contributed by atoms with Crippen LogP contribution in [-0.4, -0.2) is 34.6 Å². The molecule has 6 heteroatoms. The third kappa shape index (κ3) is 4.89. The molecule has 6 nitrogen and oxygen atoms in total. The smallest absolute Gasteiger partial charge is 0.271 e. The van der Waals surface area contributed by atoms with Crippen molar-refractivity contribution in [2.24, 2.45) is 0 Å². The van der Waals surface area contributed by atoms with Crippen molar-refractivity contribution < 1.29 is 14.4 Å². The molecule has 2 amide bonds. The van der Waals surface area contributed by atoms with Crippen molar-refractivity contribution in [1.82, 2.24) is 15.4 Å². The number of hydrazine groups is 1. The Morgan fingerprint density at radius 1 is 1.13 bits per heavy atom. The van der Waals surface area contributed by atoms with Gasteiger partial charge in [-0.2, -0.15) is 0 Å². The monoisotopic (exact) mass is 309 g/mol. The molecule has 0 aliphatic heterocycles. The fourth-order valence-corrected chi connectivity index (χ4v) is 1.77. The molecular weight excluding hydrogens is 294 g/mol. The third-order valence-electron chi connectivity index (χ3n) is 2.90. The summed E-state index contributed by atoms with van der Waals surface area (Å²) in [6, 6.07) is 12.4. The van der Waals surface area contributed by atoms with Crippen LogP contribution in [0.5, 0.6) is 0 Å². The van der Waals surface area contributed by atoms with Crippen molar-refractivity contribution in [1.29, 1.82) is 0 Å². The lowest BCUT2D eigenvalue weighted by Crippen LogP contribution is -2.46. The number of nitrogens with zero attached hydrogens (tertiary/aromatic N) is 2. The molecule has 0 radical (unpaired) electrons. The van der Waals surface area contributed by atoms with E-state index in [1.807, 2.05) is 30.3 Å². The number of aldehydes is 1. The Kier molecular flexibility index (Phi) is 5.76. The van der Waals surface area contributed by atoms with Gasteiger partial charge in [-0.05, 0) is 23.8 Å². The van der Waals surface area contributed by atoms with Crippen molar-refractivity contribution in [2.45, 2.75) is 0 Å². The van der Waals surface area contributed by atoms with E-state index in [-0.39, 0.29) is 6.54 Å². The molecule has 0 saturated carbocycles. The second-order valence-corrected chi connectivity index (χ2v) is 4.54. The summed E-state index contributed by atoms with van der Waals surface area (Å²) in [5, 5.41) is 0.946. The van der Waals surface area contributed by atoms with E-state index in [0.717, 1.165) is 10.6 Å². The second kappa shape index (κ2) is 8.23. The first-order valence-electron chi connectivity index (χ1n) is 6.90. The van der Waals surface area contributed by atoms with Crippen molar-refractivity contribution >= 4 is 24.2 Å². The predicted octanol–water partition coefficient (Wildman–Crippen LogP) is 1.47. The average molecular weight is 309 g/mol. The van der Waals surface area contributed by atoms with E-state index in [2.05, 4.69) is 10.4 Å². The van der Waals surface area contributed by atoms with Crippen LogP contribution >= 0.6 is 0 Å². The minimum atomic E-state index is -0.513. The Bertz CT molecular complexity index is 700. The van der Waals surface area contributed by atoms with Gasteiger partial charge in [0.15, 0.2) is 0 Å². The summed E-state index contributed by atoms with van der Waals surface area (Å²) in [6.45, 7) is -0.246. The fourth-order valence-electron chi connectivity index (χ4n) is 1.77. The highest BCUT2D eigenvalue weighted by Crippen LogP contribution is 2.02. The number of amides is 2. The summed E-state index contributed by atoms with van der Waals surface area (Å²) >= 11 is 0. The largest absolute Gasteiger partial charge is 0.301 e. The first-order valence-corrected chi connectivity index (χ1v) is 6.90. The van der Waals surface area contributed by atoms with Gasteiger partial charge >= 0.3 is 0 Å². The van der Waals surface area contributed by atoms with Crippen LogP contribution in [0, 0.1) is 0 Å². The Morgan fingerprint density at radius 3 is 2.57 bits per heavy atom. The lowest BCUT2D eigenvalue weighted by Gasteiger charge is -2.19. The molecule has 1 aromatic heterocycles. The molecule has 0 saturated heterocycles. The van der Waals surface area contributed by atoms with E-state index in [4.69, 9.17) is 0 Å². The minimum absolute atomic E-state index is 0.246. The number of carbonyl (C=O) groups is 3. The highest BCUT2D eigenvalue weighted by Gasteiger charge is 2.14. The van der Waals surface area contributed by atoms with Crippen molar-refractivity contribution in [2.75, 3.05) is 6.54 Å². The van der Waals surface area contributed by atoms with E-state index >= 15 is 0 Å². The maximum atomic E-state index is 12.1. The highest BCUT2D eigenvalue weighted by atomic mass is 16.2.